The SMILES string of the molecule is COc1cc(Cl)ccc1CNC(=O)N(C)CC(C)(C)O. The summed E-state index contributed by atoms with van der Waals surface area (Å²) in [4.78, 5) is 13.3. The van der Waals surface area contributed by atoms with E-state index in [1.165, 1.54) is 4.90 Å². The van der Waals surface area contributed by atoms with Crippen LogP contribution in [0, 0.1) is 0 Å². The maximum absolute atomic E-state index is 11.9. The van der Waals surface area contributed by atoms with Gasteiger partial charge in [-0.3, -0.25) is 0 Å². The van der Waals surface area contributed by atoms with Gasteiger partial charge in [0.15, 0.2) is 0 Å². The number of urea groups is 1. The molecule has 0 fully saturated rings. The number of nitrogens with one attached hydrogen (secondary N) is 1. The number of carbonyl (C=O) groups is 1. The highest BCUT2D eigenvalue weighted by Gasteiger charge is 2.19. The fourth-order valence-electron chi connectivity index (χ4n) is 1.82. The molecule has 0 aromatic heterocycles. The van der Waals surface area contributed by atoms with Crippen molar-refractivity contribution in [1.82, 2.24) is 10.2 Å². The van der Waals surface area contributed by atoms with Crippen molar-refractivity contribution in [1.29, 1.82) is 0 Å². The van der Waals surface area contributed by atoms with Gasteiger partial charge in [0.25, 0.3) is 0 Å². The zero-order valence-electron chi connectivity index (χ0n) is 12.2. The van der Waals surface area contributed by atoms with Gasteiger partial charge in [0.2, 0.25) is 0 Å². The third-order valence-corrected chi connectivity index (χ3v) is 2.89. The van der Waals surface area contributed by atoms with Crippen LogP contribution in [0.5, 0.6) is 5.75 Å². The largest absolute Gasteiger partial charge is 0.496 e. The monoisotopic (exact) mass is 300 g/mol. The first-order valence-electron chi connectivity index (χ1n) is 6.26. The van der Waals surface area contributed by atoms with Crippen molar-refractivity contribution in [2.75, 3.05) is 20.7 Å². The lowest BCUT2D eigenvalue weighted by Crippen LogP contribution is -2.44. The number of rotatable bonds is 5. The van der Waals surface area contributed by atoms with Crippen LogP contribution in [0.1, 0.15) is 19.4 Å². The van der Waals surface area contributed by atoms with Crippen LogP contribution in [0.2, 0.25) is 5.02 Å². The summed E-state index contributed by atoms with van der Waals surface area (Å²) in [5, 5.41) is 13.0. The smallest absolute Gasteiger partial charge is 0.317 e. The molecule has 0 unspecified atom stereocenters. The van der Waals surface area contributed by atoms with Crippen LogP contribution in [-0.4, -0.2) is 42.3 Å². The Morgan fingerprint density at radius 3 is 2.70 bits per heavy atom. The van der Waals surface area contributed by atoms with Crippen molar-refractivity contribution in [3.63, 3.8) is 0 Å². The highest BCUT2D eigenvalue weighted by molar-refractivity contribution is 6.30. The second kappa shape index (κ2) is 6.81. The lowest BCUT2D eigenvalue weighted by molar-refractivity contribution is 0.0531. The van der Waals surface area contributed by atoms with Crippen molar-refractivity contribution < 1.29 is 14.6 Å². The molecule has 0 saturated carbocycles. The Hall–Kier alpha value is -1.46. The summed E-state index contributed by atoms with van der Waals surface area (Å²) in [6, 6.07) is 4.98. The second-order valence-electron chi connectivity index (χ2n) is 5.28. The molecule has 2 amide bonds. The molecule has 1 aromatic carbocycles. The van der Waals surface area contributed by atoms with Crippen LogP contribution in [0.25, 0.3) is 0 Å². The Morgan fingerprint density at radius 1 is 1.50 bits per heavy atom. The number of carbonyl (C=O) groups excluding carboxylic acids is 1. The number of hydrogen-bond donors (Lipinski definition) is 2. The quantitative estimate of drug-likeness (QED) is 0.877. The first-order chi connectivity index (χ1) is 9.23. The lowest BCUT2D eigenvalue weighted by atomic mass is 10.1. The van der Waals surface area contributed by atoms with Crippen molar-refractivity contribution in [2.24, 2.45) is 0 Å². The van der Waals surface area contributed by atoms with Gasteiger partial charge in [-0.15, -0.1) is 0 Å². The highest BCUT2D eigenvalue weighted by atomic mass is 35.5. The third kappa shape index (κ3) is 5.27. The molecular weight excluding hydrogens is 280 g/mol. The minimum absolute atomic E-state index is 0.247. The number of amides is 2. The Labute approximate surface area is 124 Å². The van der Waals surface area contributed by atoms with Crippen LogP contribution in [0.15, 0.2) is 18.2 Å². The Kier molecular flexibility index (Phi) is 5.65. The fourth-order valence-corrected chi connectivity index (χ4v) is 1.98. The van der Waals surface area contributed by atoms with Gasteiger partial charge in [0.05, 0.1) is 19.3 Å². The van der Waals surface area contributed by atoms with E-state index in [9.17, 15) is 9.90 Å². The molecule has 20 heavy (non-hydrogen) atoms. The molecule has 0 spiro atoms. The first kappa shape index (κ1) is 16.6. The van der Waals surface area contributed by atoms with E-state index < -0.39 is 5.60 Å². The fraction of sp³-hybridized carbons (Fsp3) is 0.500. The molecule has 0 aliphatic heterocycles. The molecule has 0 aliphatic carbocycles. The van der Waals surface area contributed by atoms with Gasteiger partial charge < -0.3 is 20.1 Å². The lowest BCUT2D eigenvalue weighted by Gasteiger charge is -2.25. The predicted octanol–water partition coefficient (Wildman–Crippen LogP) is 2.26. The van der Waals surface area contributed by atoms with Crippen LogP contribution < -0.4 is 10.1 Å². The van der Waals surface area contributed by atoms with Crippen LogP contribution >= 0.6 is 11.6 Å². The number of nitrogens with zero attached hydrogens (tertiary/aromatic N) is 1. The summed E-state index contributed by atoms with van der Waals surface area (Å²) in [7, 11) is 3.18. The van der Waals surface area contributed by atoms with E-state index in [4.69, 9.17) is 16.3 Å². The van der Waals surface area contributed by atoms with Gasteiger partial charge in [-0.05, 0) is 26.0 Å². The Morgan fingerprint density at radius 2 is 2.15 bits per heavy atom. The summed E-state index contributed by atoms with van der Waals surface area (Å²) in [5.41, 5.74) is -0.0914. The van der Waals surface area contributed by atoms with Crippen LogP contribution in [0.3, 0.4) is 0 Å². The maximum Gasteiger partial charge on any atom is 0.317 e. The average Bonchev–Trinajstić information content (AvgIpc) is 2.34. The molecule has 5 nitrogen and oxygen atoms in total. The standard InChI is InChI=1S/C14H21ClN2O3/c1-14(2,19)9-17(3)13(18)16-8-10-5-6-11(15)7-12(10)20-4/h5-7,19H,8-9H2,1-4H3,(H,16,18). The van der Waals surface area contributed by atoms with Gasteiger partial charge in [0.1, 0.15) is 5.75 Å². The topological polar surface area (TPSA) is 61.8 Å². The zero-order chi connectivity index (χ0) is 15.3. The minimum atomic E-state index is -0.927. The molecule has 0 heterocycles. The zero-order valence-corrected chi connectivity index (χ0v) is 13.0. The van der Waals surface area contributed by atoms with Gasteiger partial charge in [-0.25, -0.2) is 4.79 Å². The van der Waals surface area contributed by atoms with Crippen molar-refractivity contribution >= 4 is 17.6 Å². The number of likely N-dealkylation sites (N-methyl/N-ethyl adjacent to an activating group) is 1. The molecule has 1 aromatic rings. The summed E-state index contributed by atoms with van der Waals surface area (Å²) in [5.74, 6) is 0.628. The van der Waals surface area contributed by atoms with Gasteiger partial charge >= 0.3 is 6.03 Å². The van der Waals surface area contributed by atoms with E-state index >= 15 is 0 Å². The van der Waals surface area contributed by atoms with Gasteiger partial charge in [-0.1, -0.05) is 17.7 Å². The number of ether oxygens (including phenoxy) is 1. The molecule has 0 saturated heterocycles. The van der Waals surface area contributed by atoms with Gasteiger partial charge in [0, 0.05) is 24.2 Å². The number of benzene rings is 1. The van der Waals surface area contributed by atoms with E-state index in [1.54, 1.807) is 46.2 Å². The molecule has 6 heteroatoms. The van der Waals surface area contributed by atoms with Crippen molar-refractivity contribution in [3.05, 3.63) is 28.8 Å². The number of halogens is 1. The summed E-state index contributed by atoms with van der Waals surface area (Å²) < 4.78 is 5.21. The minimum Gasteiger partial charge on any atom is -0.496 e. The van der Waals surface area contributed by atoms with E-state index in [-0.39, 0.29) is 12.6 Å². The predicted molar refractivity (Wildman–Crippen MR) is 79.2 cm³/mol. The maximum atomic E-state index is 11.9. The van der Waals surface area contributed by atoms with E-state index in [1.807, 2.05) is 0 Å². The summed E-state index contributed by atoms with van der Waals surface area (Å²) in [6.45, 7) is 3.88. The van der Waals surface area contributed by atoms with Gasteiger partial charge in [-0.2, -0.15) is 0 Å². The average molecular weight is 301 g/mol. The highest BCUT2D eigenvalue weighted by Crippen LogP contribution is 2.22. The van der Waals surface area contributed by atoms with E-state index in [0.717, 1.165) is 5.56 Å². The number of hydrogen-bond acceptors (Lipinski definition) is 3. The Bertz CT molecular complexity index is 472. The molecule has 2 N–H and O–H groups in total. The Balaban J connectivity index is 2.61. The third-order valence-electron chi connectivity index (χ3n) is 2.65. The molecule has 0 atom stereocenters. The normalized spacial score (nSPS) is 11.1. The summed E-state index contributed by atoms with van der Waals surface area (Å²) in [6.07, 6.45) is 0. The molecule has 112 valence electrons. The molecule has 0 bridgehead atoms. The number of aliphatic hydroxyl groups is 1. The molecule has 1 rings (SSSR count). The van der Waals surface area contributed by atoms with E-state index in [2.05, 4.69) is 5.32 Å². The number of methoxy groups -OCH3 is 1. The van der Waals surface area contributed by atoms with E-state index in [0.29, 0.717) is 17.3 Å². The second-order valence-corrected chi connectivity index (χ2v) is 5.72. The first-order valence-corrected chi connectivity index (χ1v) is 6.64. The van der Waals surface area contributed by atoms with Crippen molar-refractivity contribution in [2.45, 2.75) is 26.0 Å². The van der Waals surface area contributed by atoms with Crippen molar-refractivity contribution in [3.8, 4) is 5.75 Å². The van der Waals surface area contributed by atoms with Crippen LogP contribution in [0.4, 0.5) is 4.79 Å². The van der Waals surface area contributed by atoms with Crippen LogP contribution in [-0.2, 0) is 6.54 Å². The molecule has 0 radical (unpaired) electrons. The summed E-state index contributed by atoms with van der Waals surface area (Å²) >= 11 is 5.88. The molecule has 0 aliphatic rings. The molecular formula is C14H21ClN2O3.